The van der Waals surface area contributed by atoms with Crippen LogP contribution in [0.5, 0.6) is 0 Å². The lowest BCUT2D eigenvalue weighted by Gasteiger charge is -2.43. The maximum atomic E-state index is 10.8. The van der Waals surface area contributed by atoms with Gasteiger partial charge in [-0.2, -0.15) is 0 Å². The monoisotopic (exact) mass is 282 g/mol. The van der Waals surface area contributed by atoms with Crippen molar-refractivity contribution < 1.29 is 9.84 Å². The van der Waals surface area contributed by atoms with Gasteiger partial charge in [-0.3, -0.25) is 0 Å². The number of aliphatic hydroxyl groups excluding tert-OH is 1. The van der Waals surface area contributed by atoms with Crippen LogP contribution in [0, 0.1) is 5.92 Å². The van der Waals surface area contributed by atoms with E-state index in [0.29, 0.717) is 17.5 Å². The van der Waals surface area contributed by atoms with E-state index in [1.54, 1.807) is 0 Å². The van der Waals surface area contributed by atoms with Gasteiger partial charge in [0.1, 0.15) is 6.10 Å². The van der Waals surface area contributed by atoms with Gasteiger partial charge >= 0.3 is 0 Å². The first-order chi connectivity index (χ1) is 9.07. The van der Waals surface area contributed by atoms with E-state index in [9.17, 15) is 5.11 Å². The van der Waals surface area contributed by atoms with Crippen molar-refractivity contribution in [2.24, 2.45) is 5.92 Å². The molecule has 1 aromatic carbocycles. The minimum Gasteiger partial charge on any atom is -0.385 e. The van der Waals surface area contributed by atoms with Crippen LogP contribution in [-0.2, 0) is 4.74 Å². The second-order valence-corrected chi connectivity index (χ2v) is 6.09. The summed E-state index contributed by atoms with van der Waals surface area (Å²) < 4.78 is 6.00. The van der Waals surface area contributed by atoms with Crippen LogP contribution >= 0.6 is 11.6 Å². The highest BCUT2D eigenvalue weighted by molar-refractivity contribution is 6.30. The fraction of sp³-hybridized carbons (Fsp3) is 0.625. The first-order valence-corrected chi connectivity index (χ1v) is 7.52. The zero-order valence-corrected chi connectivity index (χ0v) is 12.5. The Balaban J connectivity index is 2.27. The number of benzene rings is 1. The number of halogens is 1. The Morgan fingerprint density at radius 3 is 2.95 bits per heavy atom. The third-order valence-electron chi connectivity index (χ3n) is 4.09. The largest absolute Gasteiger partial charge is 0.385 e. The molecule has 0 aliphatic heterocycles. The Bertz CT molecular complexity index is 417. The van der Waals surface area contributed by atoms with E-state index in [-0.39, 0.29) is 0 Å². The summed E-state index contributed by atoms with van der Waals surface area (Å²) in [6.07, 6.45) is 3.55. The van der Waals surface area contributed by atoms with E-state index in [4.69, 9.17) is 16.3 Å². The van der Waals surface area contributed by atoms with Crippen LogP contribution < -0.4 is 0 Å². The van der Waals surface area contributed by atoms with Crippen LogP contribution in [0.2, 0.25) is 5.02 Å². The molecule has 0 spiro atoms. The number of hydrogen-bond acceptors (Lipinski definition) is 2. The number of rotatable bonds is 4. The van der Waals surface area contributed by atoms with Crippen molar-refractivity contribution in [1.29, 1.82) is 0 Å². The Kier molecular flexibility index (Phi) is 4.88. The normalized spacial score (nSPS) is 29.2. The van der Waals surface area contributed by atoms with Gasteiger partial charge in [0.15, 0.2) is 0 Å². The second kappa shape index (κ2) is 6.25. The van der Waals surface area contributed by atoms with Crippen molar-refractivity contribution in [2.75, 3.05) is 6.61 Å². The minimum absolute atomic E-state index is 0.447. The molecule has 19 heavy (non-hydrogen) atoms. The molecule has 0 bridgehead atoms. The molecule has 0 amide bonds. The molecular weight excluding hydrogens is 260 g/mol. The first-order valence-electron chi connectivity index (χ1n) is 7.15. The molecule has 1 aliphatic carbocycles. The quantitative estimate of drug-likeness (QED) is 0.889. The maximum absolute atomic E-state index is 10.8. The summed E-state index contributed by atoms with van der Waals surface area (Å²) in [4.78, 5) is 0. The summed E-state index contributed by atoms with van der Waals surface area (Å²) in [5.74, 6) is 0.592. The third kappa shape index (κ3) is 3.31. The summed E-state index contributed by atoms with van der Waals surface area (Å²) in [7, 11) is 0. The Hall–Kier alpha value is -0.570. The van der Waals surface area contributed by atoms with Crippen molar-refractivity contribution in [2.45, 2.75) is 51.2 Å². The molecule has 2 rings (SSSR count). The average Bonchev–Trinajstić information content (AvgIpc) is 2.38. The van der Waals surface area contributed by atoms with E-state index < -0.39 is 11.7 Å². The highest BCUT2D eigenvalue weighted by Gasteiger charge is 2.42. The molecule has 1 N–H and O–H groups in total. The van der Waals surface area contributed by atoms with Gasteiger partial charge in [0.25, 0.3) is 0 Å². The standard InChI is InChI=1S/C16H23ClO2/c1-3-19-16(9-5-6-12(2)11-16)15(18)13-7-4-8-14(17)10-13/h4,7-8,10,12,15,18H,3,5-6,9,11H2,1-2H3. The van der Waals surface area contributed by atoms with E-state index >= 15 is 0 Å². The Morgan fingerprint density at radius 2 is 2.32 bits per heavy atom. The number of aliphatic hydroxyl groups is 1. The van der Waals surface area contributed by atoms with Crippen molar-refractivity contribution in [3.05, 3.63) is 34.9 Å². The van der Waals surface area contributed by atoms with Crippen LogP contribution in [0.25, 0.3) is 0 Å². The van der Waals surface area contributed by atoms with Gasteiger partial charge in [-0.05, 0) is 43.4 Å². The lowest BCUT2D eigenvalue weighted by atomic mass is 9.74. The molecule has 0 aromatic heterocycles. The lowest BCUT2D eigenvalue weighted by molar-refractivity contribution is -0.150. The predicted molar refractivity (Wildman–Crippen MR) is 78.4 cm³/mol. The van der Waals surface area contributed by atoms with Crippen LogP contribution in [0.3, 0.4) is 0 Å². The molecule has 1 aromatic rings. The van der Waals surface area contributed by atoms with E-state index in [1.807, 2.05) is 31.2 Å². The molecule has 2 nitrogen and oxygen atoms in total. The molecule has 3 unspecified atom stereocenters. The molecule has 0 saturated heterocycles. The van der Waals surface area contributed by atoms with Crippen molar-refractivity contribution in [1.82, 2.24) is 0 Å². The van der Waals surface area contributed by atoms with Gasteiger partial charge in [0.2, 0.25) is 0 Å². The fourth-order valence-electron chi connectivity index (χ4n) is 3.27. The Labute approximate surface area is 120 Å². The SMILES string of the molecule is CCOC1(C(O)c2cccc(Cl)c2)CCCC(C)C1. The van der Waals surface area contributed by atoms with Crippen molar-refractivity contribution in [3.63, 3.8) is 0 Å². The fourth-order valence-corrected chi connectivity index (χ4v) is 3.47. The lowest BCUT2D eigenvalue weighted by Crippen LogP contribution is -2.43. The molecule has 1 fully saturated rings. The van der Waals surface area contributed by atoms with Crippen molar-refractivity contribution >= 4 is 11.6 Å². The predicted octanol–water partition coefficient (Wildman–Crippen LogP) is 4.36. The zero-order chi connectivity index (χ0) is 13.9. The topological polar surface area (TPSA) is 29.5 Å². The first kappa shape index (κ1) is 14.8. The summed E-state index contributed by atoms with van der Waals surface area (Å²) in [6.45, 7) is 4.85. The van der Waals surface area contributed by atoms with Gasteiger partial charge in [-0.1, -0.05) is 43.5 Å². The molecule has 1 saturated carbocycles. The number of ether oxygens (including phenoxy) is 1. The molecule has 3 heteroatoms. The molecule has 0 heterocycles. The van der Waals surface area contributed by atoms with Gasteiger partial charge < -0.3 is 9.84 Å². The third-order valence-corrected chi connectivity index (χ3v) is 4.32. The van der Waals surface area contributed by atoms with Crippen LogP contribution in [-0.4, -0.2) is 17.3 Å². The molecule has 1 aliphatic rings. The maximum Gasteiger partial charge on any atom is 0.108 e. The highest BCUT2D eigenvalue weighted by Crippen LogP contribution is 2.43. The van der Waals surface area contributed by atoms with Gasteiger partial charge in [-0.25, -0.2) is 0 Å². The van der Waals surface area contributed by atoms with Crippen LogP contribution in [0.15, 0.2) is 24.3 Å². The zero-order valence-electron chi connectivity index (χ0n) is 11.7. The Morgan fingerprint density at radius 1 is 1.53 bits per heavy atom. The number of hydrogen-bond donors (Lipinski definition) is 1. The summed E-state index contributed by atoms with van der Waals surface area (Å²) in [6, 6.07) is 7.48. The van der Waals surface area contributed by atoms with Crippen molar-refractivity contribution in [3.8, 4) is 0 Å². The van der Waals surface area contributed by atoms with E-state index in [0.717, 1.165) is 24.8 Å². The highest BCUT2D eigenvalue weighted by atomic mass is 35.5. The van der Waals surface area contributed by atoms with Gasteiger partial charge in [0, 0.05) is 11.6 Å². The molecule has 3 atom stereocenters. The minimum atomic E-state index is -0.603. The van der Waals surface area contributed by atoms with Crippen LogP contribution in [0.1, 0.15) is 51.2 Å². The second-order valence-electron chi connectivity index (χ2n) is 5.66. The van der Waals surface area contributed by atoms with E-state index in [2.05, 4.69) is 6.92 Å². The summed E-state index contributed by atoms with van der Waals surface area (Å²) in [5, 5.41) is 11.4. The average molecular weight is 283 g/mol. The molecular formula is C16H23ClO2. The van der Waals surface area contributed by atoms with Gasteiger partial charge in [0.05, 0.1) is 5.60 Å². The van der Waals surface area contributed by atoms with Gasteiger partial charge in [-0.15, -0.1) is 0 Å². The summed E-state index contributed by atoms with van der Waals surface area (Å²) in [5.41, 5.74) is 0.409. The molecule has 0 radical (unpaired) electrons. The summed E-state index contributed by atoms with van der Waals surface area (Å²) >= 11 is 6.03. The van der Waals surface area contributed by atoms with E-state index in [1.165, 1.54) is 6.42 Å². The molecule has 106 valence electrons. The van der Waals surface area contributed by atoms with Crippen LogP contribution in [0.4, 0.5) is 0 Å². The smallest absolute Gasteiger partial charge is 0.108 e.